The van der Waals surface area contributed by atoms with Gasteiger partial charge in [0.2, 0.25) is 0 Å². The van der Waals surface area contributed by atoms with Crippen molar-refractivity contribution in [2.75, 3.05) is 6.61 Å². The topological polar surface area (TPSA) is 46.2 Å². The smallest absolute Gasteiger partial charge is 0.161 e. The van der Waals surface area contributed by atoms with Crippen molar-refractivity contribution in [3.63, 3.8) is 0 Å². The lowest BCUT2D eigenvalue weighted by Gasteiger charge is -2.30. The van der Waals surface area contributed by atoms with E-state index in [1.807, 2.05) is 0 Å². The standard InChI is InChI=1S/C11H14F3NO.ClH/c1-11(2,5-16)10(15)6-3-8(13)9(14)4-7(6)12;/h3-4,10,16H,5,15H2,1-2H3;1H/t10-;/m1./s1. The maximum Gasteiger partial charge on any atom is 0.161 e. The second-order valence-electron chi connectivity index (χ2n) is 4.41. The Morgan fingerprint density at radius 2 is 1.65 bits per heavy atom. The molecule has 1 atom stereocenters. The van der Waals surface area contributed by atoms with Gasteiger partial charge in [0, 0.05) is 29.7 Å². The van der Waals surface area contributed by atoms with Gasteiger partial charge in [-0.3, -0.25) is 0 Å². The molecule has 0 saturated heterocycles. The van der Waals surface area contributed by atoms with Crippen molar-refractivity contribution in [3.8, 4) is 0 Å². The van der Waals surface area contributed by atoms with E-state index in [4.69, 9.17) is 10.8 Å². The van der Waals surface area contributed by atoms with E-state index in [0.29, 0.717) is 6.07 Å². The summed E-state index contributed by atoms with van der Waals surface area (Å²) in [4.78, 5) is 0. The molecule has 0 radical (unpaired) electrons. The first kappa shape index (κ1) is 16.2. The van der Waals surface area contributed by atoms with Crippen molar-refractivity contribution in [1.29, 1.82) is 0 Å². The zero-order valence-electron chi connectivity index (χ0n) is 9.51. The normalized spacial score (nSPS) is 13.1. The van der Waals surface area contributed by atoms with Gasteiger partial charge in [0.1, 0.15) is 5.82 Å². The zero-order valence-corrected chi connectivity index (χ0v) is 10.3. The van der Waals surface area contributed by atoms with Gasteiger partial charge in [-0.15, -0.1) is 12.4 Å². The first-order chi connectivity index (χ1) is 7.29. The first-order valence-corrected chi connectivity index (χ1v) is 4.80. The van der Waals surface area contributed by atoms with Crippen molar-refractivity contribution < 1.29 is 18.3 Å². The van der Waals surface area contributed by atoms with Crippen LogP contribution in [0.25, 0.3) is 0 Å². The number of benzene rings is 1. The minimum absolute atomic E-state index is 0. The lowest BCUT2D eigenvalue weighted by atomic mass is 9.81. The van der Waals surface area contributed by atoms with Crippen LogP contribution in [0.2, 0.25) is 0 Å². The van der Waals surface area contributed by atoms with Crippen LogP contribution in [0.3, 0.4) is 0 Å². The molecule has 1 aromatic carbocycles. The van der Waals surface area contributed by atoms with Gasteiger partial charge < -0.3 is 10.8 Å². The van der Waals surface area contributed by atoms with E-state index in [2.05, 4.69) is 0 Å². The molecule has 0 aliphatic rings. The quantitative estimate of drug-likeness (QED) is 0.829. The average Bonchev–Trinajstić information content (AvgIpc) is 2.22. The third kappa shape index (κ3) is 3.34. The van der Waals surface area contributed by atoms with Crippen LogP contribution in [-0.4, -0.2) is 11.7 Å². The maximum atomic E-state index is 13.4. The second kappa shape index (κ2) is 5.71. The molecule has 0 spiro atoms. The van der Waals surface area contributed by atoms with Gasteiger partial charge in [0.25, 0.3) is 0 Å². The van der Waals surface area contributed by atoms with Crippen LogP contribution in [0.4, 0.5) is 13.2 Å². The maximum absolute atomic E-state index is 13.4. The summed E-state index contributed by atoms with van der Waals surface area (Å²) < 4.78 is 39.0. The van der Waals surface area contributed by atoms with E-state index in [-0.39, 0.29) is 24.6 Å². The molecule has 0 saturated carbocycles. The Kier molecular flexibility index (Phi) is 5.45. The molecule has 0 heterocycles. The third-order valence-corrected chi connectivity index (χ3v) is 2.62. The molecule has 1 aromatic rings. The zero-order chi connectivity index (χ0) is 12.5. The van der Waals surface area contributed by atoms with Crippen LogP contribution in [0, 0.1) is 22.9 Å². The largest absolute Gasteiger partial charge is 0.396 e. The summed E-state index contributed by atoms with van der Waals surface area (Å²) in [5.41, 5.74) is 4.76. The molecule has 17 heavy (non-hydrogen) atoms. The van der Waals surface area contributed by atoms with Crippen LogP contribution in [0.5, 0.6) is 0 Å². The fourth-order valence-electron chi connectivity index (χ4n) is 1.30. The van der Waals surface area contributed by atoms with Crippen LogP contribution < -0.4 is 5.73 Å². The minimum atomic E-state index is -1.25. The van der Waals surface area contributed by atoms with Gasteiger partial charge >= 0.3 is 0 Å². The lowest BCUT2D eigenvalue weighted by molar-refractivity contribution is 0.130. The molecule has 1 rings (SSSR count). The first-order valence-electron chi connectivity index (χ1n) is 4.80. The summed E-state index contributed by atoms with van der Waals surface area (Å²) in [5.74, 6) is -3.32. The molecule has 0 unspecified atom stereocenters. The monoisotopic (exact) mass is 269 g/mol. The molecular weight excluding hydrogens is 255 g/mol. The number of rotatable bonds is 3. The molecule has 98 valence electrons. The highest BCUT2D eigenvalue weighted by Gasteiger charge is 2.29. The van der Waals surface area contributed by atoms with Gasteiger partial charge in [-0.1, -0.05) is 13.8 Å². The Bertz CT molecular complexity index is 399. The van der Waals surface area contributed by atoms with Crippen molar-refractivity contribution in [1.82, 2.24) is 0 Å². The fraction of sp³-hybridized carbons (Fsp3) is 0.455. The average molecular weight is 270 g/mol. The van der Waals surface area contributed by atoms with E-state index in [1.165, 1.54) is 0 Å². The van der Waals surface area contributed by atoms with E-state index >= 15 is 0 Å². The van der Waals surface area contributed by atoms with Gasteiger partial charge in [-0.25, -0.2) is 13.2 Å². The molecule has 2 nitrogen and oxygen atoms in total. The van der Waals surface area contributed by atoms with Crippen molar-refractivity contribution >= 4 is 12.4 Å². The molecule has 0 aliphatic heterocycles. The summed E-state index contributed by atoms with van der Waals surface area (Å²) in [6.07, 6.45) is 0. The van der Waals surface area contributed by atoms with Crippen LogP contribution in [0.1, 0.15) is 25.5 Å². The molecule has 0 aliphatic carbocycles. The van der Waals surface area contributed by atoms with Crippen molar-refractivity contribution in [2.45, 2.75) is 19.9 Å². The van der Waals surface area contributed by atoms with E-state index in [9.17, 15) is 13.2 Å². The number of hydrogen-bond donors (Lipinski definition) is 2. The SMILES string of the molecule is CC(C)(CO)[C@H](N)c1cc(F)c(F)cc1F.Cl. The number of hydrogen-bond acceptors (Lipinski definition) is 2. The Balaban J connectivity index is 0.00000256. The summed E-state index contributed by atoms with van der Waals surface area (Å²) in [7, 11) is 0. The fourth-order valence-corrected chi connectivity index (χ4v) is 1.30. The Labute approximate surface area is 104 Å². The summed E-state index contributed by atoms with van der Waals surface area (Å²) >= 11 is 0. The third-order valence-electron chi connectivity index (χ3n) is 2.62. The van der Waals surface area contributed by atoms with Crippen LogP contribution >= 0.6 is 12.4 Å². The predicted octanol–water partition coefficient (Wildman–Crippen LogP) is 2.54. The highest BCUT2D eigenvalue weighted by Crippen LogP contribution is 2.32. The predicted molar refractivity (Wildman–Crippen MR) is 61.4 cm³/mol. The van der Waals surface area contributed by atoms with Crippen molar-refractivity contribution in [2.24, 2.45) is 11.1 Å². The summed E-state index contributed by atoms with van der Waals surface area (Å²) in [5, 5.41) is 9.07. The molecule has 6 heteroatoms. The lowest BCUT2D eigenvalue weighted by Crippen LogP contribution is -2.33. The molecule has 0 aromatic heterocycles. The Morgan fingerprint density at radius 3 is 2.12 bits per heavy atom. The van der Waals surface area contributed by atoms with Gasteiger partial charge in [-0.2, -0.15) is 0 Å². The van der Waals surface area contributed by atoms with Gasteiger partial charge in [0.05, 0.1) is 0 Å². The number of aliphatic hydroxyl groups excluding tert-OH is 1. The summed E-state index contributed by atoms with van der Waals surface area (Å²) in [6, 6.07) is 0.276. The van der Waals surface area contributed by atoms with Gasteiger partial charge in [0.15, 0.2) is 11.6 Å². The highest BCUT2D eigenvalue weighted by molar-refractivity contribution is 5.85. The second-order valence-corrected chi connectivity index (χ2v) is 4.41. The van der Waals surface area contributed by atoms with Gasteiger partial charge in [-0.05, 0) is 6.07 Å². The summed E-state index contributed by atoms with van der Waals surface area (Å²) in [6.45, 7) is 2.93. The van der Waals surface area contributed by atoms with E-state index in [1.54, 1.807) is 13.8 Å². The van der Waals surface area contributed by atoms with E-state index in [0.717, 1.165) is 6.07 Å². The minimum Gasteiger partial charge on any atom is -0.396 e. The molecular formula is C11H15ClF3NO. The molecule has 0 fully saturated rings. The van der Waals surface area contributed by atoms with E-state index < -0.39 is 28.9 Å². The Hall–Kier alpha value is -0.780. The molecule has 0 bridgehead atoms. The van der Waals surface area contributed by atoms with Crippen LogP contribution in [0.15, 0.2) is 12.1 Å². The number of aliphatic hydroxyl groups is 1. The molecule has 0 amide bonds. The highest BCUT2D eigenvalue weighted by atomic mass is 35.5. The number of halogens is 4. The van der Waals surface area contributed by atoms with Crippen LogP contribution in [-0.2, 0) is 0 Å². The van der Waals surface area contributed by atoms with Crippen molar-refractivity contribution in [3.05, 3.63) is 35.1 Å². The molecule has 3 N–H and O–H groups in total. The Morgan fingerprint density at radius 1 is 1.18 bits per heavy atom. The number of nitrogens with two attached hydrogens (primary N) is 1.